The van der Waals surface area contributed by atoms with Crippen LogP contribution < -0.4 is 10.2 Å². The van der Waals surface area contributed by atoms with Gasteiger partial charge in [-0.25, -0.2) is 5.43 Å². The predicted octanol–water partition coefficient (Wildman–Crippen LogP) is 3.29. The van der Waals surface area contributed by atoms with Crippen LogP contribution in [0.2, 0.25) is 0 Å². The van der Waals surface area contributed by atoms with Crippen molar-refractivity contribution >= 4 is 12.1 Å². The summed E-state index contributed by atoms with van der Waals surface area (Å²) in [6.45, 7) is -0.178. The fourth-order valence-corrected chi connectivity index (χ4v) is 2.35. The molecule has 136 valence electrons. The molecule has 0 saturated heterocycles. The summed E-state index contributed by atoms with van der Waals surface area (Å²) in [5.74, 6) is -0.311. The number of phenols is 2. The Morgan fingerprint density at radius 1 is 0.926 bits per heavy atom. The lowest BCUT2D eigenvalue weighted by molar-refractivity contribution is -0.123. The first kappa shape index (κ1) is 18.0. The number of carbonyl (C=O) groups excluding carboxylic acids is 1. The van der Waals surface area contributed by atoms with E-state index in [1.807, 2.05) is 42.5 Å². The Bertz CT molecular complexity index is 938. The monoisotopic (exact) mass is 362 g/mol. The van der Waals surface area contributed by atoms with E-state index in [0.717, 1.165) is 11.1 Å². The number of hydrogen-bond acceptors (Lipinski definition) is 5. The van der Waals surface area contributed by atoms with Gasteiger partial charge < -0.3 is 14.9 Å². The van der Waals surface area contributed by atoms with Crippen molar-refractivity contribution < 1.29 is 19.7 Å². The number of nitrogens with zero attached hydrogens (tertiary/aromatic N) is 1. The van der Waals surface area contributed by atoms with Crippen molar-refractivity contribution in [2.75, 3.05) is 6.61 Å². The van der Waals surface area contributed by atoms with Crippen LogP contribution in [-0.2, 0) is 4.79 Å². The molecule has 6 heteroatoms. The largest absolute Gasteiger partial charge is 0.504 e. The van der Waals surface area contributed by atoms with Gasteiger partial charge in [0.25, 0.3) is 5.91 Å². The standard InChI is InChI=1S/C21H18N2O4/c24-19-11-6-15(12-20(19)25)13-22-23-21(26)14-27-18-9-7-17(8-10-18)16-4-2-1-3-5-16/h1-13,24-25H,14H2,(H,23,26)/b22-13+. The summed E-state index contributed by atoms with van der Waals surface area (Å²) in [7, 11) is 0. The zero-order valence-electron chi connectivity index (χ0n) is 14.4. The van der Waals surface area contributed by atoms with Crippen LogP contribution in [0.5, 0.6) is 17.2 Å². The summed E-state index contributed by atoms with van der Waals surface area (Å²) < 4.78 is 5.44. The highest BCUT2D eigenvalue weighted by molar-refractivity contribution is 5.83. The van der Waals surface area contributed by atoms with E-state index in [-0.39, 0.29) is 18.1 Å². The maximum atomic E-state index is 11.8. The molecule has 0 saturated carbocycles. The third kappa shape index (κ3) is 5.09. The third-order valence-electron chi connectivity index (χ3n) is 3.73. The fourth-order valence-electron chi connectivity index (χ4n) is 2.35. The van der Waals surface area contributed by atoms with Gasteiger partial charge >= 0.3 is 0 Å². The normalized spacial score (nSPS) is 10.7. The van der Waals surface area contributed by atoms with Gasteiger partial charge in [0.15, 0.2) is 18.1 Å². The number of aromatic hydroxyl groups is 2. The van der Waals surface area contributed by atoms with E-state index in [4.69, 9.17) is 4.74 Å². The maximum Gasteiger partial charge on any atom is 0.277 e. The van der Waals surface area contributed by atoms with Crippen LogP contribution in [0.4, 0.5) is 0 Å². The highest BCUT2D eigenvalue weighted by Gasteiger charge is 2.03. The molecule has 3 rings (SSSR count). The molecule has 0 radical (unpaired) electrons. The first-order valence-electron chi connectivity index (χ1n) is 8.24. The Balaban J connectivity index is 1.49. The van der Waals surface area contributed by atoms with Crippen molar-refractivity contribution in [3.05, 3.63) is 78.4 Å². The molecule has 0 aromatic heterocycles. The zero-order valence-corrected chi connectivity index (χ0v) is 14.4. The SMILES string of the molecule is O=C(COc1ccc(-c2ccccc2)cc1)N/N=C/c1ccc(O)c(O)c1. The summed E-state index contributed by atoms with van der Waals surface area (Å²) in [5.41, 5.74) is 5.04. The van der Waals surface area contributed by atoms with Crippen LogP contribution in [0.3, 0.4) is 0 Å². The summed E-state index contributed by atoms with van der Waals surface area (Å²) in [4.78, 5) is 11.8. The van der Waals surface area contributed by atoms with Gasteiger partial charge in [0.1, 0.15) is 5.75 Å². The Hall–Kier alpha value is -3.80. The van der Waals surface area contributed by atoms with Gasteiger partial charge in [0, 0.05) is 0 Å². The molecule has 0 heterocycles. The van der Waals surface area contributed by atoms with Crippen LogP contribution in [0.15, 0.2) is 77.9 Å². The van der Waals surface area contributed by atoms with E-state index < -0.39 is 5.91 Å². The van der Waals surface area contributed by atoms with Crippen molar-refractivity contribution in [1.29, 1.82) is 0 Å². The van der Waals surface area contributed by atoms with Gasteiger partial charge in [0.05, 0.1) is 6.21 Å². The summed E-state index contributed by atoms with van der Waals surface area (Å²) >= 11 is 0. The number of ether oxygens (including phenoxy) is 1. The lowest BCUT2D eigenvalue weighted by Gasteiger charge is -2.06. The highest BCUT2D eigenvalue weighted by atomic mass is 16.5. The zero-order chi connectivity index (χ0) is 19.1. The molecule has 3 N–H and O–H groups in total. The lowest BCUT2D eigenvalue weighted by Crippen LogP contribution is -2.24. The van der Waals surface area contributed by atoms with E-state index in [1.165, 1.54) is 18.3 Å². The Kier molecular flexibility index (Phi) is 5.69. The van der Waals surface area contributed by atoms with Crippen LogP contribution in [0, 0.1) is 0 Å². The maximum absolute atomic E-state index is 11.8. The fraction of sp³-hybridized carbons (Fsp3) is 0.0476. The topological polar surface area (TPSA) is 91.2 Å². The van der Waals surface area contributed by atoms with E-state index in [2.05, 4.69) is 10.5 Å². The summed E-state index contributed by atoms with van der Waals surface area (Å²) in [6.07, 6.45) is 1.35. The minimum absolute atomic E-state index is 0.178. The molecular weight excluding hydrogens is 344 g/mol. The van der Waals surface area contributed by atoms with E-state index >= 15 is 0 Å². The molecule has 0 aliphatic rings. The first-order chi connectivity index (χ1) is 13.1. The molecule has 0 aliphatic heterocycles. The molecule has 6 nitrogen and oxygen atoms in total. The van der Waals surface area contributed by atoms with Gasteiger partial charge in [-0.05, 0) is 47.0 Å². The number of hydrogen-bond donors (Lipinski definition) is 3. The number of rotatable bonds is 6. The Morgan fingerprint density at radius 2 is 1.63 bits per heavy atom. The van der Waals surface area contributed by atoms with Crippen LogP contribution >= 0.6 is 0 Å². The van der Waals surface area contributed by atoms with E-state index in [1.54, 1.807) is 18.2 Å². The van der Waals surface area contributed by atoms with Crippen LogP contribution in [-0.4, -0.2) is 28.9 Å². The van der Waals surface area contributed by atoms with Crippen LogP contribution in [0.1, 0.15) is 5.56 Å². The second kappa shape index (κ2) is 8.53. The smallest absolute Gasteiger partial charge is 0.277 e. The molecule has 1 amide bonds. The van der Waals surface area contributed by atoms with Gasteiger partial charge in [-0.15, -0.1) is 0 Å². The molecule has 0 fully saturated rings. The summed E-state index contributed by atoms with van der Waals surface area (Å²) in [6, 6.07) is 21.6. The van der Waals surface area contributed by atoms with Crippen molar-refractivity contribution in [3.63, 3.8) is 0 Å². The molecular formula is C21H18N2O4. The second-order valence-electron chi connectivity index (χ2n) is 5.72. The number of hydrazone groups is 1. The lowest BCUT2D eigenvalue weighted by atomic mass is 10.1. The minimum Gasteiger partial charge on any atom is -0.504 e. The quantitative estimate of drug-likeness (QED) is 0.356. The van der Waals surface area contributed by atoms with E-state index in [0.29, 0.717) is 11.3 Å². The third-order valence-corrected chi connectivity index (χ3v) is 3.73. The predicted molar refractivity (Wildman–Crippen MR) is 103 cm³/mol. The van der Waals surface area contributed by atoms with Crippen molar-refractivity contribution in [1.82, 2.24) is 5.43 Å². The molecule has 0 bridgehead atoms. The highest BCUT2D eigenvalue weighted by Crippen LogP contribution is 2.24. The van der Waals surface area contributed by atoms with Gasteiger partial charge in [-0.2, -0.15) is 5.10 Å². The minimum atomic E-state index is -0.415. The number of amides is 1. The molecule has 3 aromatic rings. The van der Waals surface area contributed by atoms with Gasteiger partial charge in [0.2, 0.25) is 0 Å². The Morgan fingerprint density at radius 3 is 2.33 bits per heavy atom. The number of nitrogens with one attached hydrogen (secondary N) is 1. The number of phenolic OH excluding ortho intramolecular Hbond substituents is 2. The van der Waals surface area contributed by atoms with Gasteiger partial charge in [-0.3, -0.25) is 4.79 Å². The average Bonchev–Trinajstić information content (AvgIpc) is 2.70. The molecule has 0 atom stereocenters. The second-order valence-corrected chi connectivity index (χ2v) is 5.72. The average molecular weight is 362 g/mol. The van der Waals surface area contributed by atoms with Crippen molar-refractivity contribution in [2.24, 2.45) is 5.10 Å². The molecule has 0 aliphatic carbocycles. The number of carbonyl (C=O) groups is 1. The molecule has 27 heavy (non-hydrogen) atoms. The Labute approximate surface area is 156 Å². The van der Waals surface area contributed by atoms with Gasteiger partial charge in [-0.1, -0.05) is 42.5 Å². The van der Waals surface area contributed by atoms with Crippen molar-refractivity contribution in [3.8, 4) is 28.4 Å². The van der Waals surface area contributed by atoms with Crippen molar-refractivity contribution in [2.45, 2.75) is 0 Å². The molecule has 0 spiro atoms. The first-order valence-corrected chi connectivity index (χ1v) is 8.24. The molecule has 3 aromatic carbocycles. The number of benzene rings is 3. The van der Waals surface area contributed by atoms with Crippen LogP contribution in [0.25, 0.3) is 11.1 Å². The van der Waals surface area contributed by atoms with E-state index in [9.17, 15) is 15.0 Å². The molecule has 0 unspecified atom stereocenters. The summed E-state index contributed by atoms with van der Waals surface area (Å²) in [5, 5.41) is 22.4.